The average molecular weight is 367 g/mol. The highest BCUT2D eigenvalue weighted by atomic mass is 16.2. The first-order chi connectivity index (χ1) is 12.7. The zero-order valence-electron chi connectivity index (χ0n) is 16.8. The van der Waals surface area contributed by atoms with E-state index in [1.54, 1.807) is 12.1 Å². The second-order valence-electron chi connectivity index (χ2n) is 7.89. The summed E-state index contributed by atoms with van der Waals surface area (Å²) in [5, 5.41) is 0. The fraction of sp³-hybridized carbons (Fsp3) is 0.364. The van der Waals surface area contributed by atoms with Crippen LogP contribution in [0, 0.1) is 0 Å². The van der Waals surface area contributed by atoms with Crippen LogP contribution in [0.5, 0.6) is 0 Å². The minimum atomic E-state index is -0.332. The lowest BCUT2D eigenvalue weighted by molar-refractivity contribution is -0.121. The van der Waals surface area contributed by atoms with Crippen LogP contribution < -0.4 is 15.8 Å². The molecule has 0 saturated carbocycles. The molecule has 0 unspecified atom stereocenters. The number of hydrazine groups is 1. The van der Waals surface area contributed by atoms with Crippen LogP contribution in [-0.2, 0) is 16.6 Å². The summed E-state index contributed by atoms with van der Waals surface area (Å²) >= 11 is 0. The van der Waals surface area contributed by atoms with Gasteiger partial charge in [0.25, 0.3) is 5.91 Å². The Morgan fingerprint density at radius 1 is 0.963 bits per heavy atom. The molecule has 0 bridgehead atoms. The van der Waals surface area contributed by atoms with Gasteiger partial charge in [0.1, 0.15) is 0 Å². The van der Waals surface area contributed by atoms with Gasteiger partial charge in [0.15, 0.2) is 0 Å². The van der Waals surface area contributed by atoms with Crippen LogP contribution in [0.1, 0.15) is 48.7 Å². The molecule has 0 aliphatic heterocycles. The van der Waals surface area contributed by atoms with Crippen LogP contribution in [-0.4, -0.2) is 25.9 Å². The zero-order chi connectivity index (χ0) is 20.0. The third-order valence-corrected chi connectivity index (χ3v) is 4.40. The molecular formula is C22H29N3O2. The van der Waals surface area contributed by atoms with Gasteiger partial charge >= 0.3 is 0 Å². The van der Waals surface area contributed by atoms with Crippen molar-refractivity contribution in [2.45, 2.75) is 39.0 Å². The molecule has 0 aliphatic rings. The first-order valence-corrected chi connectivity index (χ1v) is 9.13. The van der Waals surface area contributed by atoms with E-state index >= 15 is 0 Å². The van der Waals surface area contributed by atoms with Crippen LogP contribution in [0.4, 0.5) is 5.69 Å². The molecule has 0 saturated heterocycles. The molecule has 2 aromatic rings. The molecule has 0 heterocycles. The standard InChI is InChI=1S/C22H29N3O2/c1-22(2,3)18-12-9-16(10-13-18)11-14-20(26)23-24-21(27)17-7-6-8-19(15-17)25(4)5/h6-10,12-13,15H,11,14H2,1-5H3,(H,23,26)(H,24,27). The SMILES string of the molecule is CN(C)c1cccc(C(=O)NNC(=O)CCc2ccc(C(C)(C)C)cc2)c1. The van der Waals surface area contributed by atoms with Gasteiger partial charge in [-0.1, -0.05) is 51.1 Å². The van der Waals surface area contributed by atoms with Crippen molar-refractivity contribution in [3.8, 4) is 0 Å². The third-order valence-electron chi connectivity index (χ3n) is 4.40. The summed E-state index contributed by atoms with van der Waals surface area (Å²) in [6.07, 6.45) is 0.940. The summed E-state index contributed by atoms with van der Waals surface area (Å²) in [6.45, 7) is 6.52. The summed E-state index contributed by atoms with van der Waals surface area (Å²) in [4.78, 5) is 26.1. The summed E-state index contributed by atoms with van der Waals surface area (Å²) < 4.78 is 0. The van der Waals surface area contributed by atoms with Crippen molar-refractivity contribution < 1.29 is 9.59 Å². The molecule has 5 heteroatoms. The Labute approximate surface area is 161 Å². The Morgan fingerprint density at radius 3 is 2.22 bits per heavy atom. The van der Waals surface area contributed by atoms with Crippen molar-refractivity contribution in [1.29, 1.82) is 0 Å². The van der Waals surface area contributed by atoms with Crippen molar-refractivity contribution in [2.75, 3.05) is 19.0 Å². The minimum Gasteiger partial charge on any atom is -0.378 e. The van der Waals surface area contributed by atoms with Gasteiger partial charge in [-0.25, -0.2) is 0 Å². The molecule has 0 atom stereocenters. The monoisotopic (exact) mass is 367 g/mol. The van der Waals surface area contributed by atoms with E-state index in [1.165, 1.54) is 5.56 Å². The summed E-state index contributed by atoms with van der Waals surface area (Å²) in [7, 11) is 3.82. The Morgan fingerprint density at radius 2 is 1.63 bits per heavy atom. The number of nitrogens with zero attached hydrogens (tertiary/aromatic N) is 1. The van der Waals surface area contributed by atoms with E-state index in [0.717, 1.165) is 11.3 Å². The third kappa shape index (κ3) is 6.13. The van der Waals surface area contributed by atoms with E-state index < -0.39 is 0 Å². The molecule has 2 rings (SSSR count). The largest absolute Gasteiger partial charge is 0.378 e. The lowest BCUT2D eigenvalue weighted by Crippen LogP contribution is -2.41. The van der Waals surface area contributed by atoms with E-state index in [1.807, 2.05) is 31.1 Å². The summed E-state index contributed by atoms with van der Waals surface area (Å²) in [5.41, 5.74) is 8.86. The van der Waals surface area contributed by atoms with E-state index in [9.17, 15) is 9.59 Å². The van der Waals surface area contributed by atoms with Crippen molar-refractivity contribution in [3.05, 3.63) is 65.2 Å². The van der Waals surface area contributed by atoms with Crippen LogP contribution >= 0.6 is 0 Å². The van der Waals surface area contributed by atoms with Crippen molar-refractivity contribution >= 4 is 17.5 Å². The maximum Gasteiger partial charge on any atom is 0.269 e. The topological polar surface area (TPSA) is 61.4 Å². The molecular weight excluding hydrogens is 338 g/mol. The number of carbonyl (C=O) groups excluding carboxylic acids is 2. The maximum atomic E-state index is 12.2. The maximum absolute atomic E-state index is 12.2. The Bertz CT molecular complexity index is 790. The van der Waals surface area contributed by atoms with Gasteiger partial charge in [-0.05, 0) is 41.2 Å². The van der Waals surface area contributed by atoms with Crippen LogP contribution in [0.25, 0.3) is 0 Å². The zero-order valence-corrected chi connectivity index (χ0v) is 16.8. The predicted molar refractivity (Wildman–Crippen MR) is 110 cm³/mol. The number of carbonyl (C=O) groups is 2. The fourth-order valence-corrected chi connectivity index (χ4v) is 2.62. The number of rotatable bonds is 5. The van der Waals surface area contributed by atoms with E-state index in [4.69, 9.17) is 0 Å². The van der Waals surface area contributed by atoms with E-state index in [0.29, 0.717) is 18.4 Å². The summed E-state index contributed by atoms with van der Waals surface area (Å²) in [5.74, 6) is -0.548. The molecule has 2 aromatic carbocycles. The molecule has 0 aliphatic carbocycles. The Hall–Kier alpha value is -2.82. The molecule has 144 valence electrons. The first-order valence-electron chi connectivity index (χ1n) is 9.13. The number of aryl methyl sites for hydroxylation is 1. The minimum absolute atomic E-state index is 0.115. The van der Waals surface area contributed by atoms with Gasteiger partial charge in [0, 0.05) is 31.8 Å². The normalized spacial score (nSPS) is 11.0. The number of hydrogen-bond donors (Lipinski definition) is 2. The van der Waals surface area contributed by atoms with Gasteiger partial charge in [-0.15, -0.1) is 0 Å². The Balaban J connectivity index is 1.82. The highest BCUT2D eigenvalue weighted by Crippen LogP contribution is 2.22. The summed E-state index contributed by atoms with van der Waals surface area (Å²) in [6, 6.07) is 15.5. The lowest BCUT2D eigenvalue weighted by atomic mass is 9.86. The van der Waals surface area contributed by atoms with E-state index in [-0.39, 0.29) is 17.2 Å². The van der Waals surface area contributed by atoms with Crippen LogP contribution in [0.15, 0.2) is 48.5 Å². The highest BCUT2D eigenvalue weighted by molar-refractivity contribution is 5.96. The van der Waals surface area contributed by atoms with Crippen molar-refractivity contribution in [1.82, 2.24) is 10.9 Å². The second kappa shape index (κ2) is 8.71. The lowest BCUT2D eigenvalue weighted by Gasteiger charge is -2.19. The van der Waals surface area contributed by atoms with Gasteiger partial charge in [0.2, 0.25) is 5.91 Å². The molecule has 27 heavy (non-hydrogen) atoms. The molecule has 0 spiro atoms. The predicted octanol–water partition coefficient (Wildman–Crippen LogP) is 3.44. The fourth-order valence-electron chi connectivity index (χ4n) is 2.62. The van der Waals surface area contributed by atoms with Gasteiger partial charge in [-0.2, -0.15) is 0 Å². The molecule has 2 amide bonds. The Kier molecular flexibility index (Phi) is 6.61. The van der Waals surface area contributed by atoms with Crippen molar-refractivity contribution in [3.63, 3.8) is 0 Å². The molecule has 2 N–H and O–H groups in total. The number of nitrogens with one attached hydrogen (secondary N) is 2. The second-order valence-corrected chi connectivity index (χ2v) is 7.89. The molecule has 5 nitrogen and oxygen atoms in total. The van der Waals surface area contributed by atoms with Gasteiger partial charge < -0.3 is 4.90 Å². The number of amides is 2. The average Bonchev–Trinajstić information content (AvgIpc) is 2.64. The smallest absolute Gasteiger partial charge is 0.269 e. The number of hydrogen-bond acceptors (Lipinski definition) is 3. The van der Waals surface area contributed by atoms with Crippen LogP contribution in [0.3, 0.4) is 0 Å². The van der Waals surface area contributed by atoms with E-state index in [2.05, 4.69) is 55.9 Å². The molecule has 0 fully saturated rings. The van der Waals surface area contributed by atoms with Crippen molar-refractivity contribution in [2.24, 2.45) is 0 Å². The van der Waals surface area contributed by atoms with Gasteiger partial charge in [0.05, 0.1) is 0 Å². The van der Waals surface area contributed by atoms with Crippen LogP contribution in [0.2, 0.25) is 0 Å². The quantitative estimate of drug-likeness (QED) is 0.796. The number of benzene rings is 2. The molecule has 0 aromatic heterocycles. The van der Waals surface area contributed by atoms with Gasteiger partial charge in [-0.3, -0.25) is 20.4 Å². The number of anilines is 1. The highest BCUT2D eigenvalue weighted by Gasteiger charge is 2.13. The molecule has 0 radical (unpaired) electrons. The first kappa shape index (κ1) is 20.5.